The Morgan fingerprint density at radius 2 is 0.598 bits per heavy atom. The molecule has 0 aromatic carbocycles. The van der Waals surface area contributed by atoms with Gasteiger partial charge in [-0.15, -0.1) is 0 Å². The van der Waals surface area contributed by atoms with Crippen molar-refractivity contribution in [3.63, 3.8) is 0 Å². The fourth-order valence-corrected chi connectivity index (χ4v) is 9.31. The second-order valence-electron chi connectivity index (χ2n) is 21.6. The van der Waals surface area contributed by atoms with Crippen LogP contribution < -0.4 is 5.73 Å². The van der Waals surface area contributed by atoms with Gasteiger partial charge in [-0.25, -0.2) is 4.57 Å². The Kier molecular flexibility index (Phi) is 65.8. The van der Waals surface area contributed by atoms with Gasteiger partial charge in [0, 0.05) is 19.4 Å². The van der Waals surface area contributed by atoms with Gasteiger partial charge in [-0.2, -0.15) is 0 Å². The highest BCUT2D eigenvalue weighted by molar-refractivity contribution is 7.47. The Morgan fingerprint density at radius 1 is 0.345 bits per heavy atom. The molecule has 0 saturated carbocycles. The molecule has 0 heterocycles. The highest BCUT2D eigenvalue weighted by Crippen LogP contribution is 2.43. The number of phosphoric ester groups is 1. The molecule has 0 aliphatic carbocycles. The highest BCUT2D eigenvalue weighted by atomic mass is 31.2. The molecule has 0 saturated heterocycles. The van der Waals surface area contributed by atoms with E-state index in [0.29, 0.717) is 12.8 Å². The van der Waals surface area contributed by atoms with Crippen LogP contribution in [0.2, 0.25) is 0 Å². The normalized spacial score (nSPS) is 14.2. The number of carbonyl (C=O) groups excluding carboxylic acids is 2. The van der Waals surface area contributed by atoms with Crippen LogP contribution >= 0.6 is 7.82 Å². The van der Waals surface area contributed by atoms with E-state index in [1.54, 1.807) is 0 Å². The first-order chi connectivity index (χ1) is 42.8. The molecule has 488 valence electrons. The van der Waals surface area contributed by atoms with Crippen LogP contribution in [0.4, 0.5) is 0 Å². The van der Waals surface area contributed by atoms with Gasteiger partial charge in [0.25, 0.3) is 0 Å². The largest absolute Gasteiger partial charge is 0.472 e. The lowest BCUT2D eigenvalue weighted by Crippen LogP contribution is -2.29. The van der Waals surface area contributed by atoms with E-state index in [9.17, 15) is 19.0 Å². The van der Waals surface area contributed by atoms with Crippen LogP contribution in [0.5, 0.6) is 0 Å². The van der Waals surface area contributed by atoms with Gasteiger partial charge in [0.15, 0.2) is 6.10 Å². The maximum atomic E-state index is 12.8. The maximum absolute atomic E-state index is 12.8. The zero-order valence-electron chi connectivity index (χ0n) is 54.7. The summed E-state index contributed by atoms with van der Waals surface area (Å²) in [6.45, 7) is 3.47. The molecule has 2 atom stereocenters. The van der Waals surface area contributed by atoms with Crippen LogP contribution in [0.3, 0.4) is 0 Å². The molecule has 0 bridgehead atoms. The standard InChI is InChI=1S/C77H122NO8P/c1-3-5-7-9-11-13-15-17-19-21-23-25-27-29-31-32-33-34-35-36-37-38-39-40-41-42-44-46-48-50-52-54-56-58-60-62-64-66-68-70-77(80)86-75(74-85-87(81,82)84-72-71-78)73-83-76(79)69-67-65-63-61-59-57-55-53-51-49-47-45-43-30-28-26-24-22-20-18-16-14-12-10-8-6-4-2/h5-8,11-14,17-20,23-26,29-31,33-34,36-37,39-40,42-44,47,49,53,55,75H,3-4,9-10,15-16,21-22,27-28,32,35,38,41,45-46,48,50-52,54,56-74,78H2,1-2H3,(H,81,82)/b7-5-,8-6-,13-11-,14-12-,19-17-,20-18-,25-23-,26-24-,31-29-,34-33-,37-36-,40-39-,43-30-,44-42-,49-47-,55-53-. The number of unbranched alkanes of at least 4 members (excludes halogenated alkanes) is 16. The van der Waals surface area contributed by atoms with Crippen molar-refractivity contribution >= 4 is 19.8 Å². The molecule has 0 rings (SSSR count). The minimum atomic E-state index is -4.41. The summed E-state index contributed by atoms with van der Waals surface area (Å²) in [5, 5.41) is 0. The lowest BCUT2D eigenvalue weighted by atomic mass is 10.0. The molecule has 0 aliphatic heterocycles. The second kappa shape index (κ2) is 69.9. The third-order valence-electron chi connectivity index (χ3n) is 13.5. The smallest absolute Gasteiger partial charge is 0.462 e. The van der Waals surface area contributed by atoms with Crippen LogP contribution in [0.25, 0.3) is 0 Å². The monoisotopic (exact) mass is 1220 g/mol. The van der Waals surface area contributed by atoms with Crippen LogP contribution in [-0.2, 0) is 32.7 Å². The maximum Gasteiger partial charge on any atom is 0.472 e. The quantitative estimate of drug-likeness (QED) is 0.0264. The molecule has 0 spiro atoms. The van der Waals surface area contributed by atoms with Crippen molar-refractivity contribution in [2.24, 2.45) is 5.73 Å². The van der Waals surface area contributed by atoms with E-state index in [1.165, 1.54) is 44.9 Å². The average molecular weight is 1220 g/mol. The number of hydrogen-bond acceptors (Lipinski definition) is 8. The Morgan fingerprint density at radius 3 is 0.885 bits per heavy atom. The summed E-state index contributed by atoms with van der Waals surface area (Å²) < 4.78 is 33.1. The first-order valence-electron chi connectivity index (χ1n) is 33.9. The zero-order chi connectivity index (χ0) is 63.0. The lowest BCUT2D eigenvalue weighted by Gasteiger charge is -2.19. The molecule has 10 heteroatoms. The van der Waals surface area contributed by atoms with Crippen molar-refractivity contribution < 1.29 is 37.6 Å². The molecule has 9 nitrogen and oxygen atoms in total. The van der Waals surface area contributed by atoms with E-state index in [4.69, 9.17) is 24.3 Å². The van der Waals surface area contributed by atoms with E-state index in [-0.39, 0.29) is 32.6 Å². The highest BCUT2D eigenvalue weighted by Gasteiger charge is 2.26. The van der Waals surface area contributed by atoms with E-state index in [1.807, 2.05) is 0 Å². The molecule has 0 aromatic heterocycles. The van der Waals surface area contributed by atoms with Crippen molar-refractivity contribution in [3.8, 4) is 0 Å². The molecule has 0 amide bonds. The van der Waals surface area contributed by atoms with Gasteiger partial charge >= 0.3 is 19.8 Å². The topological polar surface area (TPSA) is 134 Å². The Labute approximate surface area is 532 Å². The fraction of sp³-hybridized carbons (Fsp3) is 0.558. The van der Waals surface area contributed by atoms with Crippen molar-refractivity contribution in [1.82, 2.24) is 0 Å². The summed E-state index contributed by atoms with van der Waals surface area (Å²) in [7, 11) is -4.41. The lowest BCUT2D eigenvalue weighted by molar-refractivity contribution is -0.161. The summed E-state index contributed by atoms with van der Waals surface area (Å²) in [5.41, 5.74) is 5.40. The number of carbonyl (C=O) groups is 2. The molecule has 0 fully saturated rings. The summed E-state index contributed by atoms with van der Waals surface area (Å²) in [6.07, 6.45) is 106. The van der Waals surface area contributed by atoms with Gasteiger partial charge in [0.05, 0.1) is 13.2 Å². The van der Waals surface area contributed by atoms with Crippen molar-refractivity contribution in [2.75, 3.05) is 26.4 Å². The van der Waals surface area contributed by atoms with Crippen molar-refractivity contribution in [2.45, 2.75) is 251 Å². The van der Waals surface area contributed by atoms with E-state index in [0.717, 1.165) is 161 Å². The first kappa shape index (κ1) is 81.8. The van der Waals surface area contributed by atoms with Crippen molar-refractivity contribution in [3.05, 3.63) is 194 Å². The molecule has 3 N–H and O–H groups in total. The van der Waals surface area contributed by atoms with E-state index in [2.05, 4.69) is 208 Å². The minimum Gasteiger partial charge on any atom is -0.462 e. The SMILES string of the molecule is CC/C=C\C/C=C\C/C=C\C/C=C\C/C=C\C/C=C\C/C=C\C/C=C\C/C=C\CCCCCCCCCCCCCC(=O)OC(COC(=O)CCCCCCC/C=C\C/C=C\C/C=C\C/C=C\C/C=C\C/C=C\C/C=C\CC)COP(=O)(O)OCCN. The van der Waals surface area contributed by atoms with Gasteiger partial charge < -0.3 is 20.1 Å². The first-order valence-corrected chi connectivity index (χ1v) is 35.4. The fourth-order valence-electron chi connectivity index (χ4n) is 8.55. The minimum absolute atomic E-state index is 0.0398. The summed E-state index contributed by atoms with van der Waals surface area (Å²) in [6, 6.07) is 0. The molecule has 87 heavy (non-hydrogen) atoms. The molecular weight excluding hydrogens is 1100 g/mol. The number of esters is 2. The predicted molar refractivity (Wildman–Crippen MR) is 375 cm³/mol. The number of rotatable bonds is 61. The number of allylic oxidation sites excluding steroid dienone is 32. The van der Waals surface area contributed by atoms with Gasteiger partial charge in [0.1, 0.15) is 6.61 Å². The van der Waals surface area contributed by atoms with E-state index >= 15 is 0 Å². The van der Waals surface area contributed by atoms with E-state index < -0.39 is 32.5 Å². The van der Waals surface area contributed by atoms with Crippen LogP contribution in [0.15, 0.2) is 194 Å². The van der Waals surface area contributed by atoms with Gasteiger partial charge in [-0.1, -0.05) is 285 Å². The second-order valence-corrected chi connectivity index (χ2v) is 23.0. The van der Waals surface area contributed by atoms with Crippen molar-refractivity contribution in [1.29, 1.82) is 0 Å². The molecule has 0 aromatic rings. The molecule has 0 radical (unpaired) electrons. The third-order valence-corrected chi connectivity index (χ3v) is 14.5. The summed E-state index contributed by atoms with van der Waals surface area (Å²) in [4.78, 5) is 35.3. The summed E-state index contributed by atoms with van der Waals surface area (Å²) in [5.74, 6) is -0.866. The zero-order valence-corrected chi connectivity index (χ0v) is 55.6. The average Bonchev–Trinajstić information content (AvgIpc) is 3.64. The van der Waals surface area contributed by atoms with Gasteiger partial charge in [0.2, 0.25) is 0 Å². The summed E-state index contributed by atoms with van der Waals surface area (Å²) >= 11 is 0. The molecule has 0 aliphatic rings. The van der Waals surface area contributed by atoms with Gasteiger partial charge in [-0.05, 0) is 141 Å². The van der Waals surface area contributed by atoms with Crippen LogP contribution in [0.1, 0.15) is 245 Å². The molecular formula is C77H122NO8P. The Balaban J connectivity index is 4.02. The van der Waals surface area contributed by atoms with Crippen LogP contribution in [0, 0.1) is 0 Å². The number of ether oxygens (including phenoxy) is 2. The number of nitrogens with two attached hydrogens (primary N) is 1. The third kappa shape index (κ3) is 69.8. The molecule has 2 unspecified atom stereocenters. The number of phosphoric acid groups is 1. The van der Waals surface area contributed by atoms with Gasteiger partial charge in [-0.3, -0.25) is 18.6 Å². The van der Waals surface area contributed by atoms with Crippen LogP contribution in [-0.4, -0.2) is 49.3 Å². The number of hydrogen-bond donors (Lipinski definition) is 2. The Bertz CT molecular complexity index is 2130. The Hall–Kier alpha value is -5.15. The predicted octanol–water partition coefficient (Wildman–Crippen LogP) is 22.5.